The van der Waals surface area contributed by atoms with E-state index in [4.69, 9.17) is 4.74 Å². The van der Waals surface area contributed by atoms with E-state index >= 15 is 0 Å². The topological polar surface area (TPSA) is 59.0 Å². The largest absolute Gasteiger partial charge is 0.497 e. The number of benzene rings is 1. The summed E-state index contributed by atoms with van der Waals surface area (Å²) in [7, 11) is 1.70. The van der Waals surface area contributed by atoms with Crippen LogP contribution in [0.2, 0.25) is 0 Å². The minimum Gasteiger partial charge on any atom is -0.497 e. The lowest BCUT2D eigenvalue weighted by molar-refractivity contribution is 0.128. The summed E-state index contributed by atoms with van der Waals surface area (Å²) < 4.78 is 7.53. The van der Waals surface area contributed by atoms with E-state index in [1.165, 1.54) is 11.1 Å². The number of imidazole rings is 1. The zero-order chi connectivity index (χ0) is 16.5. The number of H-pyrrole nitrogens is 1. The smallest absolute Gasteiger partial charge is 0.122 e. The average molecular weight is 323 g/mol. The van der Waals surface area contributed by atoms with Gasteiger partial charge < -0.3 is 9.30 Å². The Balaban J connectivity index is 1.66. The Labute approximate surface area is 141 Å². The fourth-order valence-electron chi connectivity index (χ4n) is 3.31. The van der Waals surface area contributed by atoms with Gasteiger partial charge in [-0.1, -0.05) is 12.1 Å². The maximum atomic E-state index is 5.29. The molecule has 3 aromatic rings. The third-order valence-corrected chi connectivity index (χ3v) is 4.76. The molecule has 0 bridgehead atoms. The van der Waals surface area contributed by atoms with Crippen molar-refractivity contribution in [3.05, 3.63) is 65.5 Å². The number of methoxy groups -OCH3 is 1. The standard InChI is InChI=1S/C18H21N5O/c1-13-15(9-20-21-13)10-23-12-18-19-7-8-22(18)11-17(23)14-3-5-16(24-2)6-4-14/h3-9,17H,10-12H2,1-2H3,(H,20,21)/t17-/m1/s1. The van der Waals surface area contributed by atoms with Gasteiger partial charge in [-0.05, 0) is 24.6 Å². The van der Waals surface area contributed by atoms with E-state index < -0.39 is 0 Å². The van der Waals surface area contributed by atoms with Crippen LogP contribution >= 0.6 is 0 Å². The second-order valence-electron chi connectivity index (χ2n) is 6.21. The Morgan fingerprint density at radius 3 is 2.83 bits per heavy atom. The molecule has 1 aliphatic rings. The molecule has 2 aromatic heterocycles. The Morgan fingerprint density at radius 1 is 1.29 bits per heavy atom. The Morgan fingerprint density at radius 2 is 2.12 bits per heavy atom. The number of aromatic amines is 1. The summed E-state index contributed by atoms with van der Waals surface area (Å²) >= 11 is 0. The molecular formula is C18H21N5O. The van der Waals surface area contributed by atoms with E-state index in [0.717, 1.165) is 36.9 Å². The number of nitrogens with one attached hydrogen (secondary N) is 1. The van der Waals surface area contributed by atoms with Gasteiger partial charge in [0.1, 0.15) is 11.6 Å². The lowest BCUT2D eigenvalue weighted by Crippen LogP contribution is -2.36. The van der Waals surface area contributed by atoms with Gasteiger partial charge in [0.05, 0.1) is 25.9 Å². The number of fused-ring (bicyclic) bond motifs is 1. The molecular weight excluding hydrogens is 302 g/mol. The van der Waals surface area contributed by atoms with E-state index in [1.807, 2.05) is 24.5 Å². The van der Waals surface area contributed by atoms with Gasteiger partial charge in [-0.25, -0.2) is 4.98 Å². The van der Waals surface area contributed by atoms with Crippen LogP contribution in [0.5, 0.6) is 5.75 Å². The van der Waals surface area contributed by atoms with Crippen LogP contribution in [-0.2, 0) is 19.6 Å². The highest BCUT2D eigenvalue weighted by molar-refractivity contribution is 5.30. The van der Waals surface area contributed by atoms with Crippen molar-refractivity contribution in [3.8, 4) is 5.75 Å². The summed E-state index contributed by atoms with van der Waals surface area (Å²) in [5, 5.41) is 7.18. The molecule has 1 aliphatic heterocycles. The van der Waals surface area contributed by atoms with Gasteiger partial charge >= 0.3 is 0 Å². The molecule has 124 valence electrons. The molecule has 0 saturated heterocycles. The van der Waals surface area contributed by atoms with Crippen LogP contribution in [0.1, 0.15) is 28.7 Å². The molecule has 0 amide bonds. The van der Waals surface area contributed by atoms with Crippen LogP contribution < -0.4 is 4.74 Å². The van der Waals surface area contributed by atoms with E-state index in [1.54, 1.807) is 7.11 Å². The summed E-state index contributed by atoms with van der Waals surface area (Å²) in [4.78, 5) is 6.95. The number of aryl methyl sites for hydroxylation is 1. The fourth-order valence-corrected chi connectivity index (χ4v) is 3.31. The van der Waals surface area contributed by atoms with Crippen LogP contribution in [0, 0.1) is 6.92 Å². The molecule has 0 unspecified atom stereocenters. The van der Waals surface area contributed by atoms with Crippen LogP contribution in [0.3, 0.4) is 0 Å². The monoisotopic (exact) mass is 323 g/mol. The molecule has 0 fully saturated rings. The summed E-state index contributed by atoms with van der Waals surface area (Å²) in [5.74, 6) is 2.00. The molecule has 24 heavy (non-hydrogen) atoms. The highest BCUT2D eigenvalue weighted by Gasteiger charge is 2.28. The van der Waals surface area contributed by atoms with Crippen LogP contribution in [-0.4, -0.2) is 31.8 Å². The van der Waals surface area contributed by atoms with Crippen molar-refractivity contribution < 1.29 is 4.74 Å². The van der Waals surface area contributed by atoms with Crippen LogP contribution in [0.25, 0.3) is 0 Å². The van der Waals surface area contributed by atoms with Crippen molar-refractivity contribution in [3.63, 3.8) is 0 Å². The van der Waals surface area contributed by atoms with Crippen molar-refractivity contribution in [1.82, 2.24) is 24.6 Å². The van der Waals surface area contributed by atoms with Gasteiger partial charge in [-0.15, -0.1) is 0 Å². The van der Waals surface area contributed by atoms with E-state index in [2.05, 4.69) is 49.9 Å². The van der Waals surface area contributed by atoms with Gasteiger partial charge in [0.15, 0.2) is 0 Å². The first-order chi connectivity index (χ1) is 11.7. The third-order valence-electron chi connectivity index (χ3n) is 4.76. The predicted octanol–water partition coefficient (Wildman–Crippen LogP) is 2.68. The maximum absolute atomic E-state index is 5.29. The Hall–Kier alpha value is -2.60. The van der Waals surface area contributed by atoms with Gasteiger partial charge in [0.2, 0.25) is 0 Å². The Kier molecular flexibility index (Phi) is 3.82. The predicted molar refractivity (Wildman–Crippen MR) is 90.5 cm³/mol. The minimum absolute atomic E-state index is 0.298. The Bertz CT molecular complexity index is 820. The third kappa shape index (κ3) is 2.69. The molecule has 1 atom stereocenters. The zero-order valence-corrected chi connectivity index (χ0v) is 13.9. The minimum atomic E-state index is 0.298. The molecule has 1 N–H and O–H groups in total. The maximum Gasteiger partial charge on any atom is 0.122 e. The first-order valence-electron chi connectivity index (χ1n) is 8.11. The first kappa shape index (κ1) is 15.0. The molecule has 0 saturated carbocycles. The number of nitrogens with zero attached hydrogens (tertiary/aromatic N) is 4. The summed E-state index contributed by atoms with van der Waals surface area (Å²) in [5.41, 5.74) is 3.64. The van der Waals surface area contributed by atoms with Crippen LogP contribution in [0.15, 0.2) is 42.9 Å². The molecule has 0 aliphatic carbocycles. The normalized spacial score (nSPS) is 17.7. The highest BCUT2D eigenvalue weighted by Crippen LogP contribution is 2.31. The molecule has 6 nitrogen and oxygen atoms in total. The van der Waals surface area contributed by atoms with E-state index in [-0.39, 0.29) is 0 Å². The lowest BCUT2D eigenvalue weighted by Gasteiger charge is -2.36. The molecule has 4 rings (SSSR count). The van der Waals surface area contributed by atoms with Crippen molar-refractivity contribution in [1.29, 1.82) is 0 Å². The molecule has 0 radical (unpaired) electrons. The second kappa shape index (κ2) is 6.13. The average Bonchev–Trinajstić information content (AvgIpc) is 3.23. The van der Waals surface area contributed by atoms with Crippen molar-refractivity contribution in [2.24, 2.45) is 0 Å². The molecule has 1 aromatic carbocycles. The van der Waals surface area contributed by atoms with Crippen LogP contribution in [0.4, 0.5) is 0 Å². The van der Waals surface area contributed by atoms with Gasteiger partial charge in [-0.2, -0.15) is 5.10 Å². The van der Waals surface area contributed by atoms with Gasteiger partial charge in [-0.3, -0.25) is 10.00 Å². The SMILES string of the molecule is COc1ccc([C@H]2Cn3ccnc3CN2Cc2cn[nH]c2C)cc1. The quantitative estimate of drug-likeness (QED) is 0.802. The number of rotatable bonds is 4. The van der Waals surface area contributed by atoms with Crippen molar-refractivity contribution in [2.45, 2.75) is 32.6 Å². The number of hydrogen-bond donors (Lipinski definition) is 1. The highest BCUT2D eigenvalue weighted by atomic mass is 16.5. The number of hydrogen-bond acceptors (Lipinski definition) is 4. The van der Waals surface area contributed by atoms with Crippen molar-refractivity contribution in [2.75, 3.05) is 7.11 Å². The van der Waals surface area contributed by atoms with E-state index in [9.17, 15) is 0 Å². The summed E-state index contributed by atoms with van der Waals surface area (Å²) in [6.07, 6.45) is 5.86. The summed E-state index contributed by atoms with van der Waals surface area (Å²) in [6.45, 7) is 4.65. The number of aromatic nitrogens is 4. The molecule has 0 spiro atoms. The fraction of sp³-hybridized carbons (Fsp3) is 0.333. The lowest BCUT2D eigenvalue weighted by atomic mass is 10.0. The second-order valence-corrected chi connectivity index (χ2v) is 6.21. The molecule has 6 heteroatoms. The molecule has 3 heterocycles. The van der Waals surface area contributed by atoms with Crippen molar-refractivity contribution >= 4 is 0 Å². The van der Waals surface area contributed by atoms with Gasteiger partial charge in [0.25, 0.3) is 0 Å². The van der Waals surface area contributed by atoms with Gasteiger partial charge in [0, 0.05) is 36.7 Å². The van der Waals surface area contributed by atoms with E-state index in [0.29, 0.717) is 6.04 Å². The number of ether oxygens (including phenoxy) is 1. The zero-order valence-electron chi connectivity index (χ0n) is 13.9. The first-order valence-corrected chi connectivity index (χ1v) is 8.11. The summed E-state index contributed by atoms with van der Waals surface area (Å²) in [6, 6.07) is 8.66.